The van der Waals surface area contributed by atoms with Gasteiger partial charge in [0.15, 0.2) is 0 Å². The molecule has 1 aliphatic carbocycles. The van der Waals surface area contributed by atoms with Gasteiger partial charge < -0.3 is 0 Å². The molecule has 1 rings (SSSR count). The molecule has 0 aliphatic heterocycles. The molecular weight excluding hydrogens is 549 g/mol. The van der Waals surface area contributed by atoms with E-state index in [0.717, 1.165) is 0 Å². The van der Waals surface area contributed by atoms with Gasteiger partial charge in [0.1, 0.15) is 0 Å². The van der Waals surface area contributed by atoms with Gasteiger partial charge in [0.2, 0.25) is 0 Å². The van der Waals surface area contributed by atoms with Crippen molar-refractivity contribution >= 4 is 38.7 Å². The average molecular weight is 564 g/mol. The number of hydrogen-bond donors (Lipinski definition) is 2. The van der Waals surface area contributed by atoms with E-state index in [2.05, 4.69) is 38.7 Å². The van der Waals surface area contributed by atoms with Gasteiger partial charge in [0.25, 0.3) is 0 Å². The molecule has 1 saturated carbocycles. The fourth-order valence-corrected chi connectivity index (χ4v) is 11.3. The Morgan fingerprint density at radius 3 is 1.73 bits per heavy atom. The second-order valence-corrected chi connectivity index (χ2v) is 46.0. The molecule has 0 radical (unpaired) electrons. The van der Waals surface area contributed by atoms with Crippen LogP contribution < -0.4 is 8.58 Å². The molecule has 0 aromatic carbocycles. The van der Waals surface area contributed by atoms with E-state index >= 15 is 0 Å². The average Bonchev–Trinajstić information content (AvgIpc) is 1.86. The SMILES string of the molecule is [NH2][Pt]([NH2])([I])([I])[CH]1CCCCC1. The molecule has 1 fully saturated rings. The van der Waals surface area contributed by atoms with Crippen LogP contribution in [-0.2, 0) is 7.95 Å². The summed E-state index contributed by atoms with van der Waals surface area (Å²) in [6.07, 6.45) is 6.60. The number of nitrogens with two attached hydrogens (primary N) is 2. The van der Waals surface area contributed by atoms with E-state index in [0.29, 0.717) is 4.31 Å². The Balaban J connectivity index is 2.59. The minimum atomic E-state index is -2.86. The van der Waals surface area contributed by atoms with Crippen molar-refractivity contribution in [2.45, 2.75) is 36.4 Å². The molecule has 0 spiro atoms. The molecule has 0 bridgehead atoms. The Kier molecular flexibility index (Phi) is 3.72. The summed E-state index contributed by atoms with van der Waals surface area (Å²) >= 11 is 4.72. The van der Waals surface area contributed by atoms with Crippen LogP contribution in [0.25, 0.3) is 0 Å². The summed E-state index contributed by atoms with van der Waals surface area (Å²) in [7, 11) is -2.86. The molecule has 0 saturated heterocycles. The molecule has 0 atom stereocenters. The van der Waals surface area contributed by atoms with Crippen molar-refractivity contribution < 1.29 is 7.95 Å². The van der Waals surface area contributed by atoms with Gasteiger partial charge in [-0.25, -0.2) is 0 Å². The maximum atomic E-state index is 6.19. The third-order valence-corrected chi connectivity index (χ3v) is 16.0. The van der Waals surface area contributed by atoms with E-state index < -0.39 is 7.95 Å². The first-order valence-electron chi connectivity index (χ1n) is 3.60. The normalized spacial score (nSPS) is 26.0. The zero-order valence-electron chi connectivity index (χ0n) is 6.34. The van der Waals surface area contributed by atoms with E-state index in [4.69, 9.17) is 8.58 Å². The summed E-state index contributed by atoms with van der Waals surface area (Å²) in [5, 5.41) is 0. The molecule has 11 heavy (non-hydrogen) atoms. The van der Waals surface area contributed by atoms with Gasteiger partial charge in [0, 0.05) is 0 Å². The Bertz CT molecular complexity index is 139. The van der Waals surface area contributed by atoms with Crippen LogP contribution in [0.3, 0.4) is 0 Å². The summed E-state index contributed by atoms with van der Waals surface area (Å²) in [6.45, 7) is 0. The van der Waals surface area contributed by atoms with Crippen molar-refractivity contribution in [3.8, 4) is 0 Å². The fraction of sp³-hybridized carbons (Fsp3) is 1.00. The van der Waals surface area contributed by atoms with Crippen LogP contribution in [0.1, 0.15) is 32.1 Å². The summed E-state index contributed by atoms with van der Waals surface area (Å²) in [4.78, 5) is 0. The molecule has 0 amide bonds. The van der Waals surface area contributed by atoms with Crippen LogP contribution in [0.4, 0.5) is 0 Å². The van der Waals surface area contributed by atoms with Crippen molar-refractivity contribution in [1.29, 1.82) is 0 Å². The van der Waals surface area contributed by atoms with Gasteiger partial charge in [-0.15, -0.1) is 0 Å². The third-order valence-electron chi connectivity index (χ3n) is 1.99. The number of rotatable bonds is 1. The standard InChI is InChI=1S/C6H11.2HI.2H2N.Pt/c1-2-4-6-5-3-1;;;;;/h1H,2-6H2;2*1H;2*1H2;/q;;;2*-1;+4/p-2. The molecule has 0 aromatic heterocycles. The van der Waals surface area contributed by atoms with Crippen LogP contribution in [0.15, 0.2) is 0 Å². The summed E-state index contributed by atoms with van der Waals surface area (Å²) in [5.41, 5.74) is 0. The minimum absolute atomic E-state index is 0.663. The van der Waals surface area contributed by atoms with Gasteiger partial charge >= 0.3 is 91.6 Å². The molecule has 0 heterocycles. The molecule has 1 aliphatic rings. The predicted octanol–water partition coefficient (Wildman–Crippen LogP) is 2.88. The first kappa shape index (κ1) is 11.1. The van der Waals surface area contributed by atoms with Gasteiger partial charge in [-0.3, -0.25) is 0 Å². The quantitative estimate of drug-likeness (QED) is 0.482. The molecule has 4 N–H and O–H groups in total. The summed E-state index contributed by atoms with van der Waals surface area (Å²) < 4.78 is 13.0. The van der Waals surface area contributed by atoms with E-state index in [1.807, 2.05) is 0 Å². The Hall–Kier alpha value is 2.07. The van der Waals surface area contributed by atoms with Gasteiger partial charge in [-0.05, 0) is 0 Å². The van der Waals surface area contributed by atoms with Gasteiger partial charge in [-0.1, -0.05) is 0 Å². The van der Waals surface area contributed by atoms with Crippen molar-refractivity contribution in [3.63, 3.8) is 0 Å². The number of halogens is 2. The Labute approximate surface area is 90.3 Å². The van der Waals surface area contributed by atoms with Crippen LogP contribution in [0.2, 0.25) is 4.31 Å². The van der Waals surface area contributed by atoms with E-state index in [9.17, 15) is 0 Å². The van der Waals surface area contributed by atoms with Gasteiger partial charge in [-0.2, -0.15) is 0 Å². The summed E-state index contributed by atoms with van der Waals surface area (Å²) in [5.74, 6) is 0. The van der Waals surface area contributed by atoms with Gasteiger partial charge in [0.05, 0.1) is 0 Å². The Morgan fingerprint density at radius 2 is 1.45 bits per heavy atom. The van der Waals surface area contributed by atoms with Crippen LogP contribution in [-0.4, -0.2) is 0 Å². The Morgan fingerprint density at radius 1 is 1.00 bits per heavy atom. The number of hydrogen-bond acceptors (Lipinski definition) is 2. The first-order valence-corrected chi connectivity index (χ1v) is 20.4. The van der Waals surface area contributed by atoms with Crippen molar-refractivity contribution in [1.82, 2.24) is 0 Å². The van der Waals surface area contributed by atoms with Crippen LogP contribution in [0.5, 0.6) is 0 Å². The third kappa shape index (κ3) is 3.75. The monoisotopic (exact) mass is 564 g/mol. The molecule has 0 aromatic rings. The zero-order valence-corrected chi connectivity index (χ0v) is 12.9. The van der Waals surface area contributed by atoms with Crippen molar-refractivity contribution in [2.24, 2.45) is 8.58 Å². The molecular formula is C6H15I2N2Pt. The summed E-state index contributed by atoms with van der Waals surface area (Å²) in [6, 6.07) is 0. The molecule has 2 nitrogen and oxygen atoms in total. The topological polar surface area (TPSA) is 52.0 Å². The first-order chi connectivity index (χ1) is 4.86. The molecule has 0 unspecified atom stereocenters. The molecule has 5 heteroatoms. The second kappa shape index (κ2) is 3.67. The van der Waals surface area contributed by atoms with Crippen molar-refractivity contribution in [2.75, 3.05) is 0 Å². The molecule has 73 valence electrons. The predicted molar refractivity (Wildman–Crippen MR) is 63.2 cm³/mol. The van der Waals surface area contributed by atoms with E-state index in [-0.39, 0.29) is 0 Å². The van der Waals surface area contributed by atoms with Crippen LogP contribution in [0, 0.1) is 0 Å². The maximum absolute atomic E-state index is 6.19. The fourth-order valence-electron chi connectivity index (χ4n) is 1.38. The van der Waals surface area contributed by atoms with E-state index in [1.165, 1.54) is 32.1 Å². The van der Waals surface area contributed by atoms with Crippen LogP contribution >= 0.6 is 38.7 Å². The van der Waals surface area contributed by atoms with Crippen molar-refractivity contribution in [3.05, 3.63) is 0 Å². The zero-order chi connectivity index (χ0) is 8.56. The van der Waals surface area contributed by atoms with E-state index in [1.54, 1.807) is 0 Å². The second-order valence-electron chi connectivity index (χ2n) is 2.96.